The number of carbonyl (C=O) groups excluding carboxylic acids is 1. The van der Waals surface area contributed by atoms with Crippen LogP contribution in [0.15, 0.2) is 36.5 Å². The summed E-state index contributed by atoms with van der Waals surface area (Å²) < 4.78 is 33.7. The minimum atomic E-state index is -2.69. The maximum atomic E-state index is 13.5. The lowest BCUT2D eigenvalue weighted by Crippen LogP contribution is -2.32. The van der Waals surface area contributed by atoms with E-state index in [2.05, 4.69) is 15.4 Å². The summed E-state index contributed by atoms with van der Waals surface area (Å²) in [7, 11) is 0. The molecule has 5 rings (SSSR count). The van der Waals surface area contributed by atoms with Gasteiger partial charge in [-0.05, 0) is 25.0 Å². The molecule has 2 aliphatic rings. The predicted molar refractivity (Wildman–Crippen MR) is 96.7 cm³/mol. The van der Waals surface area contributed by atoms with E-state index in [4.69, 9.17) is 4.74 Å². The Morgan fingerprint density at radius 2 is 2.07 bits per heavy atom. The smallest absolute Gasteiger partial charge is 0.280 e. The van der Waals surface area contributed by atoms with Crippen molar-refractivity contribution >= 4 is 11.6 Å². The van der Waals surface area contributed by atoms with Crippen LogP contribution in [0.5, 0.6) is 5.75 Å². The van der Waals surface area contributed by atoms with Gasteiger partial charge in [0.15, 0.2) is 5.65 Å². The first kappa shape index (κ1) is 17.1. The highest BCUT2D eigenvalue weighted by Crippen LogP contribution is 2.40. The molecule has 0 spiro atoms. The summed E-state index contributed by atoms with van der Waals surface area (Å²) in [4.78, 5) is 17.4. The molecule has 1 aliphatic carbocycles. The SMILES string of the molecule is O=C(NC1CCOc2ccccc21)c1cnn2c(C(F)F)cc(C3CC3)nc12. The van der Waals surface area contributed by atoms with Gasteiger partial charge in [0.25, 0.3) is 12.3 Å². The molecule has 1 atom stereocenters. The van der Waals surface area contributed by atoms with Gasteiger partial charge in [-0.25, -0.2) is 18.3 Å². The van der Waals surface area contributed by atoms with Crippen molar-refractivity contribution in [2.75, 3.05) is 6.61 Å². The van der Waals surface area contributed by atoms with Crippen molar-refractivity contribution in [2.24, 2.45) is 0 Å². The van der Waals surface area contributed by atoms with Crippen molar-refractivity contribution < 1.29 is 18.3 Å². The fraction of sp³-hybridized carbons (Fsp3) is 0.350. The Bertz CT molecular complexity index is 1060. The third kappa shape index (κ3) is 2.89. The molecule has 1 fully saturated rings. The van der Waals surface area contributed by atoms with Crippen molar-refractivity contribution in [3.8, 4) is 5.75 Å². The van der Waals surface area contributed by atoms with Crippen LogP contribution < -0.4 is 10.1 Å². The van der Waals surface area contributed by atoms with Gasteiger partial charge in [-0.15, -0.1) is 0 Å². The van der Waals surface area contributed by atoms with Crippen LogP contribution in [-0.2, 0) is 0 Å². The quantitative estimate of drug-likeness (QED) is 0.743. The van der Waals surface area contributed by atoms with Crippen molar-refractivity contribution in [3.63, 3.8) is 0 Å². The predicted octanol–water partition coefficient (Wildman–Crippen LogP) is 3.80. The molecule has 1 aromatic carbocycles. The number of rotatable bonds is 4. The van der Waals surface area contributed by atoms with Crippen LogP contribution in [0.3, 0.4) is 0 Å². The average Bonchev–Trinajstić information content (AvgIpc) is 3.46. The van der Waals surface area contributed by atoms with Gasteiger partial charge in [0, 0.05) is 23.6 Å². The first-order valence-corrected chi connectivity index (χ1v) is 9.31. The molecule has 0 saturated heterocycles. The van der Waals surface area contributed by atoms with Crippen LogP contribution >= 0.6 is 0 Å². The summed E-state index contributed by atoms with van der Waals surface area (Å²) in [5.74, 6) is 0.557. The van der Waals surface area contributed by atoms with E-state index in [0.717, 1.165) is 28.7 Å². The first-order chi connectivity index (χ1) is 13.6. The number of aromatic nitrogens is 3. The molecule has 8 heteroatoms. The largest absolute Gasteiger partial charge is 0.493 e. The zero-order valence-electron chi connectivity index (χ0n) is 14.9. The second-order valence-electron chi connectivity index (χ2n) is 7.18. The lowest BCUT2D eigenvalue weighted by molar-refractivity contribution is 0.0926. The molecule has 1 unspecified atom stereocenters. The average molecular weight is 384 g/mol. The van der Waals surface area contributed by atoms with E-state index in [1.807, 2.05) is 24.3 Å². The van der Waals surface area contributed by atoms with E-state index in [1.54, 1.807) is 0 Å². The summed E-state index contributed by atoms with van der Waals surface area (Å²) in [6.45, 7) is 0.496. The Labute approximate surface area is 159 Å². The third-order valence-corrected chi connectivity index (χ3v) is 5.25. The Morgan fingerprint density at radius 1 is 1.25 bits per heavy atom. The molecule has 1 amide bonds. The molecule has 2 aromatic heterocycles. The highest BCUT2D eigenvalue weighted by atomic mass is 19.3. The van der Waals surface area contributed by atoms with Gasteiger partial charge in [0.05, 0.1) is 18.8 Å². The van der Waals surface area contributed by atoms with E-state index < -0.39 is 6.43 Å². The van der Waals surface area contributed by atoms with Crippen LogP contribution in [0.25, 0.3) is 5.65 Å². The molecule has 144 valence electrons. The number of hydrogen-bond donors (Lipinski definition) is 1. The summed E-state index contributed by atoms with van der Waals surface area (Å²) in [6.07, 6.45) is 1.11. The fourth-order valence-corrected chi connectivity index (χ4v) is 3.64. The Kier molecular flexibility index (Phi) is 3.99. The molecule has 1 aliphatic heterocycles. The van der Waals surface area contributed by atoms with Gasteiger partial charge < -0.3 is 10.1 Å². The zero-order valence-corrected chi connectivity index (χ0v) is 14.9. The number of nitrogens with zero attached hydrogens (tertiary/aromatic N) is 3. The minimum absolute atomic E-state index is 0.178. The molecular weight excluding hydrogens is 366 g/mol. The summed E-state index contributed by atoms with van der Waals surface area (Å²) in [6, 6.07) is 8.73. The number of alkyl halides is 2. The number of carbonyl (C=O) groups is 1. The second kappa shape index (κ2) is 6.54. The van der Waals surface area contributed by atoms with Gasteiger partial charge >= 0.3 is 0 Å². The lowest BCUT2D eigenvalue weighted by atomic mass is 10.0. The van der Waals surface area contributed by atoms with Gasteiger partial charge in [-0.3, -0.25) is 4.79 Å². The highest BCUT2D eigenvalue weighted by Gasteiger charge is 2.30. The zero-order chi connectivity index (χ0) is 19.3. The summed E-state index contributed by atoms with van der Waals surface area (Å²) in [5.41, 5.74) is 1.65. The number of hydrogen-bond acceptors (Lipinski definition) is 4. The number of halogens is 2. The van der Waals surface area contributed by atoms with Crippen LogP contribution in [0.4, 0.5) is 8.78 Å². The standard InChI is InChI=1S/C20H18F2N4O2/c21-18(22)16-9-15(11-5-6-11)24-19-13(10-23-26(16)19)20(27)25-14-7-8-28-17-4-2-1-3-12(14)17/h1-4,9-11,14,18H,5-8H2,(H,25,27). The Hall–Kier alpha value is -3.03. The van der Waals surface area contributed by atoms with Crippen LogP contribution in [0, 0.1) is 0 Å². The van der Waals surface area contributed by atoms with Gasteiger partial charge in [0.2, 0.25) is 0 Å². The highest BCUT2D eigenvalue weighted by molar-refractivity contribution is 6.00. The van der Waals surface area contributed by atoms with Gasteiger partial charge in [0.1, 0.15) is 17.0 Å². The molecule has 1 saturated carbocycles. The monoisotopic (exact) mass is 384 g/mol. The fourth-order valence-electron chi connectivity index (χ4n) is 3.64. The van der Waals surface area contributed by atoms with Crippen molar-refractivity contribution in [1.82, 2.24) is 19.9 Å². The third-order valence-electron chi connectivity index (χ3n) is 5.25. The summed E-state index contributed by atoms with van der Waals surface area (Å²) >= 11 is 0. The maximum Gasteiger partial charge on any atom is 0.280 e. The van der Waals surface area contributed by atoms with Crippen molar-refractivity contribution in [2.45, 2.75) is 37.6 Å². The second-order valence-corrected chi connectivity index (χ2v) is 7.18. The molecule has 0 radical (unpaired) electrons. The number of benzene rings is 1. The van der Waals surface area contributed by atoms with E-state index in [-0.39, 0.29) is 34.8 Å². The number of fused-ring (bicyclic) bond motifs is 2. The van der Waals surface area contributed by atoms with Crippen molar-refractivity contribution in [3.05, 3.63) is 59.0 Å². The number of ether oxygens (including phenoxy) is 1. The number of amides is 1. The van der Waals surface area contributed by atoms with Crippen molar-refractivity contribution in [1.29, 1.82) is 0 Å². The minimum Gasteiger partial charge on any atom is -0.493 e. The van der Waals surface area contributed by atoms with E-state index in [1.165, 1.54) is 12.3 Å². The van der Waals surface area contributed by atoms with Crippen LogP contribution in [0.2, 0.25) is 0 Å². The van der Waals surface area contributed by atoms with Gasteiger partial charge in [-0.1, -0.05) is 18.2 Å². The Balaban J connectivity index is 1.50. The van der Waals surface area contributed by atoms with E-state index in [9.17, 15) is 13.6 Å². The van der Waals surface area contributed by atoms with Gasteiger partial charge in [-0.2, -0.15) is 5.10 Å². The van der Waals surface area contributed by atoms with E-state index in [0.29, 0.717) is 18.7 Å². The van der Waals surface area contributed by atoms with Crippen LogP contribution in [-0.4, -0.2) is 27.1 Å². The molecule has 6 nitrogen and oxygen atoms in total. The number of para-hydroxylation sites is 1. The lowest BCUT2D eigenvalue weighted by Gasteiger charge is -2.26. The molecule has 3 heterocycles. The molecule has 28 heavy (non-hydrogen) atoms. The molecule has 3 aromatic rings. The Morgan fingerprint density at radius 3 is 2.86 bits per heavy atom. The normalized spacial score (nSPS) is 18.8. The summed E-state index contributed by atoms with van der Waals surface area (Å²) in [5, 5.41) is 6.99. The van der Waals surface area contributed by atoms with Crippen LogP contribution in [0.1, 0.15) is 65.0 Å². The molecule has 1 N–H and O–H groups in total. The molecule has 0 bridgehead atoms. The first-order valence-electron chi connectivity index (χ1n) is 9.31. The van der Waals surface area contributed by atoms with E-state index >= 15 is 0 Å². The number of nitrogens with one attached hydrogen (secondary N) is 1. The topological polar surface area (TPSA) is 68.5 Å². The maximum absolute atomic E-state index is 13.5. The molecular formula is C20H18F2N4O2.